The number of hydrogen-bond acceptors (Lipinski definition) is 2. The van der Waals surface area contributed by atoms with Crippen molar-refractivity contribution in [1.29, 1.82) is 0 Å². The molecule has 0 saturated heterocycles. The molecule has 3 nitrogen and oxygen atoms in total. The first-order valence-corrected chi connectivity index (χ1v) is 5.60. The van der Waals surface area contributed by atoms with Crippen molar-refractivity contribution in [3.8, 4) is 11.5 Å². The lowest BCUT2D eigenvalue weighted by molar-refractivity contribution is 0.102. The molecule has 1 aliphatic rings. The molecular weight excluding hydrogens is 257 g/mol. The van der Waals surface area contributed by atoms with Crippen LogP contribution in [-0.4, -0.2) is 5.91 Å². The lowest BCUT2D eigenvalue weighted by Crippen LogP contribution is -2.10. The molecule has 1 N–H and O–H groups in total. The first-order valence-electron chi connectivity index (χ1n) is 5.22. The van der Waals surface area contributed by atoms with Gasteiger partial charge in [-0.3, -0.25) is 4.79 Å². The molecule has 0 bridgehead atoms. The molecular formula is C13H7ClFNO2. The summed E-state index contributed by atoms with van der Waals surface area (Å²) < 4.78 is 19.1. The summed E-state index contributed by atoms with van der Waals surface area (Å²) in [5, 5.41) is 3.09. The van der Waals surface area contributed by atoms with E-state index in [1.165, 1.54) is 18.2 Å². The van der Waals surface area contributed by atoms with Crippen LogP contribution in [0.1, 0.15) is 10.4 Å². The predicted molar refractivity (Wildman–Crippen MR) is 65.9 cm³/mol. The number of ether oxygens (including phenoxy) is 1. The standard InChI is InChI=1S/C13H7ClFNO2/c14-7-4-5-11-10(6-7)16-13(17)8-2-1-3-9(15)12(8)18-11/h1-6H,(H,16,17). The van der Waals surface area contributed by atoms with Gasteiger partial charge in [-0.2, -0.15) is 0 Å². The fraction of sp³-hybridized carbons (Fsp3) is 0. The summed E-state index contributed by atoms with van der Waals surface area (Å²) in [5.41, 5.74) is 0.574. The maximum atomic E-state index is 13.7. The van der Waals surface area contributed by atoms with Crippen LogP contribution < -0.4 is 10.1 Å². The van der Waals surface area contributed by atoms with E-state index in [9.17, 15) is 9.18 Å². The summed E-state index contributed by atoms with van der Waals surface area (Å²) in [6, 6.07) is 8.95. The normalized spacial score (nSPS) is 12.9. The fourth-order valence-electron chi connectivity index (χ4n) is 1.78. The summed E-state index contributed by atoms with van der Waals surface area (Å²) in [6.45, 7) is 0. The van der Waals surface area contributed by atoms with Crippen molar-refractivity contribution in [3.05, 3.63) is 52.8 Å². The van der Waals surface area contributed by atoms with Gasteiger partial charge in [-0.1, -0.05) is 17.7 Å². The molecule has 90 valence electrons. The van der Waals surface area contributed by atoms with Crippen LogP contribution in [0.5, 0.6) is 11.5 Å². The third-order valence-corrected chi connectivity index (χ3v) is 2.85. The lowest BCUT2D eigenvalue weighted by atomic mass is 10.2. The fourth-order valence-corrected chi connectivity index (χ4v) is 1.95. The average molecular weight is 264 g/mol. The summed E-state index contributed by atoms with van der Waals surface area (Å²) in [4.78, 5) is 11.9. The Labute approximate surface area is 107 Å². The third-order valence-electron chi connectivity index (χ3n) is 2.61. The molecule has 0 unspecified atom stereocenters. The highest BCUT2D eigenvalue weighted by Gasteiger charge is 2.23. The second kappa shape index (κ2) is 3.99. The molecule has 1 amide bonds. The summed E-state index contributed by atoms with van der Waals surface area (Å²) >= 11 is 5.84. The van der Waals surface area contributed by atoms with Gasteiger partial charge in [-0.15, -0.1) is 0 Å². The van der Waals surface area contributed by atoms with Gasteiger partial charge in [-0.05, 0) is 30.3 Å². The van der Waals surface area contributed by atoms with Crippen LogP contribution in [0.25, 0.3) is 0 Å². The highest BCUT2D eigenvalue weighted by molar-refractivity contribution is 6.31. The zero-order valence-corrected chi connectivity index (χ0v) is 9.79. The Hall–Kier alpha value is -2.07. The number of anilines is 1. The van der Waals surface area contributed by atoms with Crippen LogP contribution in [0.4, 0.5) is 10.1 Å². The monoisotopic (exact) mass is 263 g/mol. The van der Waals surface area contributed by atoms with E-state index in [4.69, 9.17) is 16.3 Å². The van der Waals surface area contributed by atoms with E-state index in [2.05, 4.69) is 5.32 Å². The van der Waals surface area contributed by atoms with Crippen molar-refractivity contribution in [3.63, 3.8) is 0 Å². The zero-order valence-electron chi connectivity index (χ0n) is 9.04. The molecule has 0 fully saturated rings. The second-order valence-electron chi connectivity index (χ2n) is 3.81. The summed E-state index contributed by atoms with van der Waals surface area (Å²) in [7, 11) is 0. The molecule has 1 heterocycles. The number of amides is 1. The van der Waals surface area contributed by atoms with Crippen molar-refractivity contribution in [1.82, 2.24) is 0 Å². The van der Waals surface area contributed by atoms with E-state index < -0.39 is 11.7 Å². The molecule has 5 heteroatoms. The van der Waals surface area contributed by atoms with Crippen molar-refractivity contribution in [2.75, 3.05) is 5.32 Å². The van der Waals surface area contributed by atoms with E-state index in [1.807, 2.05) is 0 Å². The molecule has 0 atom stereocenters. The summed E-state index contributed by atoms with van der Waals surface area (Å²) in [6.07, 6.45) is 0. The topological polar surface area (TPSA) is 38.3 Å². The minimum atomic E-state index is -0.578. The Kier molecular flexibility index (Phi) is 2.45. The lowest BCUT2D eigenvalue weighted by Gasteiger charge is -2.08. The highest BCUT2D eigenvalue weighted by Crippen LogP contribution is 2.38. The van der Waals surface area contributed by atoms with Crippen molar-refractivity contribution >= 4 is 23.2 Å². The van der Waals surface area contributed by atoms with Crippen LogP contribution in [0.3, 0.4) is 0 Å². The Bertz CT molecular complexity index is 657. The van der Waals surface area contributed by atoms with Crippen LogP contribution in [0.15, 0.2) is 36.4 Å². The molecule has 0 radical (unpaired) electrons. The van der Waals surface area contributed by atoms with Crippen LogP contribution in [-0.2, 0) is 0 Å². The number of nitrogens with one attached hydrogen (secondary N) is 1. The number of hydrogen-bond donors (Lipinski definition) is 1. The number of halogens is 2. The smallest absolute Gasteiger partial charge is 0.259 e. The number of benzene rings is 2. The van der Waals surface area contributed by atoms with Crippen LogP contribution in [0.2, 0.25) is 5.02 Å². The molecule has 0 aromatic heterocycles. The van der Waals surface area contributed by atoms with Gasteiger partial charge in [0.1, 0.15) is 0 Å². The molecule has 2 aromatic carbocycles. The molecule has 3 rings (SSSR count). The van der Waals surface area contributed by atoms with E-state index in [0.29, 0.717) is 16.5 Å². The zero-order chi connectivity index (χ0) is 12.7. The minimum Gasteiger partial charge on any atom is -0.451 e. The summed E-state index contributed by atoms with van der Waals surface area (Å²) in [5.74, 6) is -0.719. The molecule has 18 heavy (non-hydrogen) atoms. The molecule has 1 aliphatic heterocycles. The molecule has 2 aromatic rings. The second-order valence-corrected chi connectivity index (χ2v) is 4.25. The first kappa shape index (κ1) is 11.0. The van der Waals surface area contributed by atoms with Gasteiger partial charge in [0.15, 0.2) is 17.3 Å². The van der Waals surface area contributed by atoms with E-state index >= 15 is 0 Å². The van der Waals surface area contributed by atoms with Gasteiger partial charge >= 0.3 is 0 Å². The average Bonchev–Trinajstić information content (AvgIpc) is 2.47. The van der Waals surface area contributed by atoms with Crippen molar-refractivity contribution < 1.29 is 13.9 Å². The Morgan fingerprint density at radius 3 is 2.89 bits per heavy atom. The number of fused-ring (bicyclic) bond motifs is 2. The van der Waals surface area contributed by atoms with Gasteiger partial charge in [0.2, 0.25) is 0 Å². The Morgan fingerprint density at radius 2 is 2.06 bits per heavy atom. The largest absolute Gasteiger partial charge is 0.451 e. The Balaban J connectivity index is 2.20. The number of rotatable bonds is 0. The van der Waals surface area contributed by atoms with Gasteiger partial charge in [0, 0.05) is 5.02 Å². The van der Waals surface area contributed by atoms with E-state index in [-0.39, 0.29) is 11.3 Å². The van der Waals surface area contributed by atoms with Crippen LogP contribution in [0, 0.1) is 5.82 Å². The number of para-hydroxylation sites is 1. The molecule has 0 saturated carbocycles. The predicted octanol–water partition coefficient (Wildman–Crippen LogP) is 3.84. The van der Waals surface area contributed by atoms with Gasteiger partial charge in [-0.25, -0.2) is 4.39 Å². The maximum Gasteiger partial charge on any atom is 0.259 e. The number of carbonyl (C=O) groups is 1. The molecule has 0 spiro atoms. The quantitative estimate of drug-likeness (QED) is 0.784. The van der Waals surface area contributed by atoms with E-state index in [1.54, 1.807) is 18.2 Å². The van der Waals surface area contributed by atoms with Gasteiger partial charge in [0.25, 0.3) is 5.91 Å². The molecule has 0 aliphatic carbocycles. The van der Waals surface area contributed by atoms with E-state index in [0.717, 1.165) is 0 Å². The number of carbonyl (C=O) groups excluding carboxylic acids is 1. The van der Waals surface area contributed by atoms with Crippen LogP contribution >= 0.6 is 11.6 Å². The SMILES string of the molecule is O=C1Nc2cc(Cl)ccc2Oc2c(F)cccc21. The van der Waals surface area contributed by atoms with Gasteiger partial charge in [0.05, 0.1) is 11.3 Å². The minimum absolute atomic E-state index is 0.0731. The van der Waals surface area contributed by atoms with Crippen molar-refractivity contribution in [2.24, 2.45) is 0 Å². The Morgan fingerprint density at radius 1 is 1.22 bits per heavy atom. The third kappa shape index (κ3) is 1.71. The first-order chi connectivity index (χ1) is 8.65. The maximum absolute atomic E-state index is 13.7. The van der Waals surface area contributed by atoms with Gasteiger partial charge < -0.3 is 10.1 Å². The van der Waals surface area contributed by atoms with Crippen molar-refractivity contribution in [2.45, 2.75) is 0 Å². The highest BCUT2D eigenvalue weighted by atomic mass is 35.5.